The first-order chi connectivity index (χ1) is 10.0. The number of carbonyl (C=O) groups is 1. The van der Waals surface area contributed by atoms with Gasteiger partial charge in [0.2, 0.25) is 0 Å². The van der Waals surface area contributed by atoms with Gasteiger partial charge in [0.25, 0.3) is 0 Å². The Balaban J connectivity index is 0. The number of aromatic carboxylic acids is 1. The SMILES string of the molecule is CCN(CC)CCNC(C)CO.Cl.O=C(O)c1ccccc1. The largest absolute Gasteiger partial charge is 0.478 e. The van der Waals surface area contributed by atoms with E-state index in [1.165, 1.54) is 0 Å². The van der Waals surface area contributed by atoms with Crippen molar-refractivity contribution in [3.8, 4) is 0 Å². The average Bonchev–Trinajstić information content (AvgIpc) is 2.52. The fourth-order valence-corrected chi connectivity index (χ4v) is 1.65. The summed E-state index contributed by atoms with van der Waals surface area (Å²) >= 11 is 0. The Hall–Kier alpha value is -1.14. The van der Waals surface area contributed by atoms with E-state index >= 15 is 0 Å². The quantitative estimate of drug-likeness (QED) is 0.680. The molecule has 0 saturated heterocycles. The number of rotatable bonds is 8. The molecule has 1 aromatic carbocycles. The van der Waals surface area contributed by atoms with Crippen molar-refractivity contribution in [1.29, 1.82) is 0 Å². The number of likely N-dealkylation sites (N-methyl/N-ethyl adjacent to an activating group) is 1. The van der Waals surface area contributed by atoms with E-state index in [4.69, 9.17) is 10.2 Å². The molecule has 0 aliphatic rings. The molecule has 0 bridgehead atoms. The zero-order chi connectivity index (χ0) is 16.1. The fourth-order valence-electron chi connectivity index (χ4n) is 1.65. The highest BCUT2D eigenvalue weighted by molar-refractivity contribution is 5.87. The van der Waals surface area contributed by atoms with Crippen molar-refractivity contribution in [3.05, 3.63) is 35.9 Å². The summed E-state index contributed by atoms with van der Waals surface area (Å²) in [5.74, 6) is -0.879. The van der Waals surface area contributed by atoms with Crippen molar-refractivity contribution in [2.45, 2.75) is 26.8 Å². The molecule has 3 N–H and O–H groups in total. The van der Waals surface area contributed by atoms with E-state index in [-0.39, 0.29) is 25.1 Å². The summed E-state index contributed by atoms with van der Waals surface area (Å²) in [6, 6.07) is 8.52. The monoisotopic (exact) mass is 332 g/mol. The highest BCUT2D eigenvalue weighted by Gasteiger charge is 2.00. The van der Waals surface area contributed by atoms with Crippen LogP contribution in [0.2, 0.25) is 0 Å². The van der Waals surface area contributed by atoms with Crippen LogP contribution in [0.5, 0.6) is 0 Å². The summed E-state index contributed by atoms with van der Waals surface area (Å²) in [4.78, 5) is 12.6. The first-order valence-electron chi connectivity index (χ1n) is 7.40. The Morgan fingerprint density at radius 1 is 1.23 bits per heavy atom. The van der Waals surface area contributed by atoms with Gasteiger partial charge in [-0.3, -0.25) is 0 Å². The van der Waals surface area contributed by atoms with Crippen LogP contribution in [0.4, 0.5) is 0 Å². The van der Waals surface area contributed by atoms with Gasteiger partial charge < -0.3 is 20.4 Å². The first-order valence-corrected chi connectivity index (χ1v) is 7.40. The number of benzene rings is 1. The van der Waals surface area contributed by atoms with Gasteiger partial charge in [-0.25, -0.2) is 4.79 Å². The van der Waals surface area contributed by atoms with Crippen LogP contribution >= 0.6 is 12.4 Å². The normalized spacial score (nSPS) is 11.1. The average molecular weight is 333 g/mol. The van der Waals surface area contributed by atoms with Crippen LogP contribution in [-0.4, -0.2) is 59.9 Å². The van der Waals surface area contributed by atoms with E-state index in [0.29, 0.717) is 5.56 Å². The molecule has 0 spiro atoms. The van der Waals surface area contributed by atoms with Crippen molar-refractivity contribution >= 4 is 18.4 Å². The molecule has 1 aromatic rings. The maximum Gasteiger partial charge on any atom is 0.335 e. The van der Waals surface area contributed by atoms with Gasteiger partial charge in [-0.1, -0.05) is 32.0 Å². The minimum Gasteiger partial charge on any atom is -0.478 e. The van der Waals surface area contributed by atoms with Crippen molar-refractivity contribution in [2.24, 2.45) is 0 Å². The van der Waals surface area contributed by atoms with Gasteiger partial charge in [-0.2, -0.15) is 0 Å². The van der Waals surface area contributed by atoms with E-state index in [1.807, 2.05) is 6.92 Å². The molecule has 0 heterocycles. The van der Waals surface area contributed by atoms with Crippen LogP contribution in [0.15, 0.2) is 30.3 Å². The molecule has 0 amide bonds. The zero-order valence-electron chi connectivity index (χ0n) is 13.7. The number of hydrogen-bond acceptors (Lipinski definition) is 4. The van der Waals surface area contributed by atoms with Gasteiger partial charge in [0, 0.05) is 19.1 Å². The predicted octanol–water partition coefficient (Wildman–Crippen LogP) is 2.11. The van der Waals surface area contributed by atoms with Crippen molar-refractivity contribution in [3.63, 3.8) is 0 Å². The molecule has 22 heavy (non-hydrogen) atoms. The third-order valence-electron chi connectivity index (χ3n) is 3.11. The smallest absolute Gasteiger partial charge is 0.335 e. The van der Waals surface area contributed by atoms with E-state index in [9.17, 15) is 4.79 Å². The molecule has 0 aromatic heterocycles. The molecule has 6 heteroatoms. The molecule has 0 aliphatic carbocycles. The van der Waals surface area contributed by atoms with Gasteiger partial charge in [0.05, 0.1) is 12.2 Å². The van der Waals surface area contributed by atoms with E-state index in [0.717, 1.165) is 26.2 Å². The first kappa shape index (κ1) is 23.1. The number of aliphatic hydroxyl groups excluding tert-OH is 1. The summed E-state index contributed by atoms with van der Waals surface area (Å²) in [6.45, 7) is 10.8. The Bertz CT molecular complexity index is 373. The molecule has 0 radical (unpaired) electrons. The maximum absolute atomic E-state index is 10.2. The summed E-state index contributed by atoms with van der Waals surface area (Å²) in [6.07, 6.45) is 0. The lowest BCUT2D eigenvalue weighted by molar-refractivity contribution is 0.0697. The number of hydrogen-bond donors (Lipinski definition) is 3. The summed E-state index contributed by atoms with van der Waals surface area (Å²) < 4.78 is 0. The topological polar surface area (TPSA) is 72.8 Å². The second-order valence-electron chi connectivity index (χ2n) is 4.74. The lowest BCUT2D eigenvalue weighted by Gasteiger charge is -2.19. The number of halogens is 1. The Labute approximate surface area is 139 Å². The number of carboxylic acids is 1. The molecule has 0 aliphatic heterocycles. The molecule has 0 saturated carbocycles. The zero-order valence-corrected chi connectivity index (χ0v) is 14.5. The van der Waals surface area contributed by atoms with Gasteiger partial charge in [0.15, 0.2) is 0 Å². The lowest BCUT2D eigenvalue weighted by Crippen LogP contribution is -2.37. The number of nitrogens with one attached hydrogen (secondary N) is 1. The molecule has 1 atom stereocenters. The minimum atomic E-state index is -0.879. The maximum atomic E-state index is 10.2. The number of carboxylic acid groups (broad SMARTS) is 1. The summed E-state index contributed by atoms with van der Waals surface area (Å²) in [5.41, 5.74) is 0.331. The van der Waals surface area contributed by atoms with Crippen LogP contribution in [0.25, 0.3) is 0 Å². The van der Waals surface area contributed by atoms with Gasteiger partial charge in [-0.05, 0) is 32.1 Å². The molecule has 1 rings (SSSR count). The third-order valence-corrected chi connectivity index (χ3v) is 3.11. The standard InChI is InChI=1S/C9H22N2O.C7H6O2.ClH/c1-4-11(5-2)7-6-10-9(3)8-12;8-7(9)6-4-2-1-3-5-6;/h9-10,12H,4-8H2,1-3H3;1-5H,(H,8,9);1H. The second-order valence-corrected chi connectivity index (χ2v) is 4.74. The highest BCUT2D eigenvalue weighted by atomic mass is 35.5. The van der Waals surface area contributed by atoms with Gasteiger partial charge in [0.1, 0.15) is 0 Å². The fraction of sp³-hybridized carbons (Fsp3) is 0.562. The van der Waals surface area contributed by atoms with E-state index < -0.39 is 5.97 Å². The highest BCUT2D eigenvalue weighted by Crippen LogP contribution is 1.96. The molecule has 1 unspecified atom stereocenters. The molecule has 0 fully saturated rings. The molecule has 5 nitrogen and oxygen atoms in total. The van der Waals surface area contributed by atoms with Gasteiger partial charge >= 0.3 is 5.97 Å². The van der Waals surface area contributed by atoms with Crippen LogP contribution in [0.1, 0.15) is 31.1 Å². The molecule has 128 valence electrons. The van der Waals surface area contributed by atoms with E-state index in [1.54, 1.807) is 30.3 Å². The lowest BCUT2D eigenvalue weighted by atomic mass is 10.2. The Kier molecular flexibility index (Phi) is 15.5. The van der Waals surface area contributed by atoms with E-state index in [2.05, 4.69) is 24.1 Å². The third kappa shape index (κ3) is 11.5. The Morgan fingerprint density at radius 2 is 1.77 bits per heavy atom. The summed E-state index contributed by atoms with van der Waals surface area (Å²) in [5, 5.41) is 20.4. The van der Waals surface area contributed by atoms with Crippen molar-refractivity contribution in [2.75, 3.05) is 32.8 Å². The van der Waals surface area contributed by atoms with Crippen LogP contribution in [0, 0.1) is 0 Å². The predicted molar refractivity (Wildman–Crippen MR) is 93.0 cm³/mol. The van der Waals surface area contributed by atoms with Gasteiger partial charge in [-0.15, -0.1) is 12.4 Å². The Morgan fingerprint density at radius 3 is 2.14 bits per heavy atom. The second kappa shape index (κ2) is 14.8. The van der Waals surface area contributed by atoms with Crippen LogP contribution in [-0.2, 0) is 0 Å². The van der Waals surface area contributed by atoms with Crippen molar-refractivity contribution < 1.29 is 15.0 Å². The van der Waals surface area contributed by atoms with Crippen molar-refractivity contribution in [1.82, 2.24) is 10.2 Å². The molecular formula is C16H29ClN2O3. The summed E-state index contributed by atoms with van der Waals surface area (Å²) in [7, 11) is 0. The molecular weight excluding hydrogens is 304 g/mol. The minimum absolute atomic E-state index is 0. The number of nitrogens with zero attached hydrogens (tertiary/aromatic N) is 1. The van der Waals surface area contributed by atoms with Crippen LogP contribution in [0.3, 0.4) is 0 Å². The van der Waals surface area contributed by atoms with Crippen LogP contribution < -0.4 is 5.32 Å². The number of aliphatic hydroxyl groups is 1.